The quantitative estimate of drug-likeness (QED) is 0.823. The van der Waals surface area contributed by atoms with Crippen molar-refractivity contribution in [3.05, 3.63) is 29.8 Å². The molecule has 19 heavy (non-hydrogen) atoms. The first-order valence-electron chi connectivity index (χ1n) is 6.74. The Hall–Kier alpha value is -1.55. The van der Waals surface area contributed by atoms with Crippen LogP contribution in [0, 0.1) is 5.92 Å². The van der Waals surface area contributed by atoms with E-state index >= 15 is 0 Å². The number of nitrogens with two attached hydrogens (primary N) is 1. The molecule has 1 atom stereocenters. The Bertz CT molecular complexity index is 398. The summed E-state index contributed by atoms with van der Waals surface area (Å²) in [6.45, 7) is 4.77. The van der Waals surface area contributed by atoms with Gasteiger partial charge in [-0.3, -0.25) is 4.79 Å². The molecule has 0 spiro atoms. The highest BCUT2D eigenvalue weighted by molar-refractivity contribution is 5.94. The number of rotatable bonds is 6. The fraction of sp³-hybridized carbons (Fsp3) is 0.533. The smallest absolute Gasteiger partial charge is 0.251 e. The summed E-state index contributed by atoms with van der Waals surface area (Å²) < 4.78 is 0. The highest BCUT2D eigenvalue weighted by Gasteiger charge is 2.16. The lowest BCUT2D eigenvalue weighted by molar-refractivity contribution is 0.0924. The molecule has 0 aromatic heterocycles. The number of hydrogen-bond acceptors (Lipinski definition) is 3. The first-order chi connectivity index (χ1) is 8.95. The van der Waals surface area contributed by atoms with Crippen LogP contribution in [-0.4, -0.2) is 32.6 Å². The molecule has 0 heterocycles. The number of anilines is 1. The maximum atomic E-state index is 12.1. The van der Waals surface area contributed by atoms with Crippen LogP contribution in [0.2, 0.25) is 0 Å². The Labute approximate surface area is 116 Å². The van der Waals surface area contributed by atoms with E-state index in [1.165, 1.54) is 0 Å². The van der Waals surface area contributed by atoms with E-state index in [-0.39, 0.29) is 11.9 Å². The van der Waals surface area contributed by atoms with Crippen molar-refractivity contribution in [2.75, 3.05) is 25.5 Å². The SMILES string of the molecule is CC(C)C(CCN)NC(=O)c1ccc(N(C)C)cc1. The summed E-state index contributed by atoms with van der Waals surface area (Å²) in [5, 5.41) is 3.05. The van der Waals surface area contributed by atoms with Gasteiger partial charge in [-0.05, 0) is 43.1 Å². The fourth-order valence-corrected chi connectivity index (χ4v) is 1.91. The predicted molar refractivity (Wildman–Crippen MR) is 80.5 cm³/mol. The Morgan fingerprint density at radius 1 is 1.26 bits per heavy atom. The molecule has 0 bridgehead atoms. The Morgan fingerprint density at radius 2 is 1.84 bits per heavy atom. The molecule has 0 saturated heterocycles. The van der Waals surface area contributed by atoms with Gasteiger partial charge in [-0.2, -0.15) is 0 Å². The van der Waals surface area contributed by atoms with Gasteiger partial charge in [-0.25, -0.2) is 0 Å². The first-order valence-corrected chi connectivity index (χ1v) is 6.74. The highest BCUT2D eigenvalue weighted by atomic mass is 16.1. The Morgan fingerprint density at radius 3 is 2.26 bits per heavy atom. The summed E-state index contributed by atoms with van der Waals surface area (Å²) in [6.07, 6.45) is 0.805. The van der Waals surface area contributed by atoms with Crippen LogP contribution < -0.4 is 16.0 Å². The fourth-order valence-electron chi connectivity index (χ4n) is 1.91. The van der Waals surface area contributed by atoms with Gasteiger partial charge in [-0.15, -0.1) is 0 Å². The third-order valence-corrected chi connectivity index (χ3v) is 3.24. The number of nitrogens with one attached hydrogen (secondary N) is 1. The molecular formula is C15H25N3O. The molecule has 1 aromatic rings. The average Bonchev–Trinajstić information content (AvgIpc) is 2.38. The van der Waals surface area contributed by atoms with Crippen molar-refractivity contribution in [2.45, 2.75) is 26.3 Å². The van der Waals surface area contributed by atoms with Crippen LogP contribution >= 0.6 is 0 Å². The molecule has 0 aliphatic heterocycles. The first kappa shape index (κ1) is 15.5. The molecule has 0 radical (unpaired) electrons. The summed E-state index contributed by atoms with van der Waals surface area (Å²) in [6, 6.07) is 7.73. The second-order valence-electron chi connectivity index (χ2n) is 5.34. The zero-order valence-electron chi connectivity index (χ0n) is 12.3. The van der Waals surface area contributed by atoms with Crippen molar-refractivity contribution in [3.8, 4) is 0 Å². The molecule has 0 saturated carbocycles. The summed E-state index contributed by atoms with van der Waals surface area (Å²) >= 11 is 0. The van der Waals surface area contributed by atoms with Crippen LogP contribution in [0.5, 0.6) is 0 Å². The normalized spacial score (nSPS) is 12.3. The maximum Gasteiger partial charge on any atom is 0.251 e. The summed E-state index contributed by atoms with van der Waals surface area (Å²) in [5.74, 6) is 0.353. The van der Waals surface area contributed by atoms with Crippen molar-refractivity contribution in [1.82, 2.24) is 5.32 Å². The Kier molecular flexibility index (Phi) is 5.83. The van der Waals surface area contributed by atoms with Gasteiger partial charge in [0.2, 0.25) is 0 Å². The second-order valence-corrected chi connectivity index (χ2v) is 5.34. The third kappa shape index (κ3) is 4.56. The molecule has 1 amide bonds. The van der Waals surface area contributed by atoms with Gasteiger partial charge in [-0.1, -0.05) is 13.8 Å². The molecule has 1 aromatic carbocycles. The standard InChI is InChI=1S/C15H25N3O/c1-11(2)14(9-10-16)17-15(19)12-5-7-13(8-6-12)18(3)4/h5-8,11,14H,9-10,16H2,1-4H3,(H,17,19). The minimum absolute atomic E-state index is 0.0301. The van der Waals surface area contributed by atoms with E-state index in [0.29, 0.717) is 18.0 Å². The van der Waals surface area contributed by atoms with Gasteiger partial charge in [0, 0.05) is 31.4 Å². The third-order valence-electron chi connectivity index (χ3n) is 3.24. The zero-order valence-corrected chi connectivity index (χ0v) is 12.3. The monoisotopic (exact) mass is 263 g/mol. The Balaban J connectivity index is 2.71. The van der Waals surface area contributed by atoms with Crippen molar-refractivity contribution in [1.29, 1.82) is 0 Å². The number of carbonyl (C=O) groups is 1. The van der Waals surface area contributed by atoms with Crippen LogP contribution in [0.15, 0.2) is 24.3 Å². The van der Waals surface area contributed by atoms with E-state index in [2.05, 4.69) is 19.2 Å². The highest BCUT2D eigenvalue weighted by Crippen LogP contribution is 2.13. The number of carbonyl (C=O) groups excluding carboxylic acids is 1. The number of amides is 1. The second kappa shape index (κ2) is 7.14. The van der Waals surface area contributed by atoms with Gasteiger partial charge in [0.15, 0.2) is 0 Å². The minimum Gasteiger partial charge on any atom is -0.378 e. The van der Waals surface area contributed by atoms with Crippen molar-refractivity contribution in [2.24, 2.45) is 11.7 Å². The van der Waals surface area contributed by atoms with Crippen LogP contribution in [0.25, 0.3) is 0 Å². The zero-order chi connectivity index (χ0) is 14.4. The molecule has 3 N–H and O–H groups in total. The van der Waals surface area contributed by atoms with Crippen LogP contribution in [0.3, 0.4) is 0 Å². The van der Waals surface area contributed by atoms with Crippen LogP contribution in [0.4, 0.5) is 5.69 Å². The van der Waals surface area contributed by atoms with E-state index in [1.54, 1.807) is 0 Å². The van der Waals surface area contributed by atoms with E-state index in [9.17, 15) is 4.79 Å². The van der Waals surface area contributed by atoms with Gasteiger partial charge in [0.25, 0.3) is 5.91 Å². The summed E-state index contributed by atoms with van der Waals surface area (Å²) in [4.78, 5) is 14.2. The lowest BCUT2D eigenvalue weighted by atomic mass is 10.0. The largest absolute Gasteiger partial charge is 0.378 e. The number of benzene rings is 1. The van der Waals surface area contributed by atoms with Gasteiger partial charge >= 0.3 is 0 Å². The van der Waals surface area contributed by atoms with E-state index < -0.39 is 0 Å². The van der Waals surface area contributed by atoms with E-state index in [1.807, 2.05) is 43.3 Å². The van der Waals surface area contributed by atoms with E-state index in [0.717, 1.165) is 12.1 Å². The lowest BCUT2D eigenvalue weighted by Gasteiger charge is -2.22. The maximum absolute atomic E-state index is 12.1. The van der Waals surface area contributed by atoms with Crippen LogP contribution in [-0.2, 0) is 0 Å². The van der Waals surface area contributed by atoms with Crippen molar-refractivity contribution < 1.29 is 4.79 Å². The topological polar surface area (TPSA) is 58.4 Å². The molecule has 1 unspecified atom stereocenters. The predicted octanol–water partition coefficient (Wildman–Crippen LogP) is 1.86. The van der Waals surface area contributed by atoms with Crippen LogP contribution in [0.1, 0.15) is 30.6 Å². The number of nitrogens with zero attached hydrogens (tertiary/aromatic N) is 1. The van der Waals surface area contributed by atoms with Gasteiger partial charge in [0.1, 0.15) is 0 Å². The molecular weight excluding hydrogens is 238 g/mol. The van der Waals surface area contributed by atoms with E-state index in [4.69, 9.17) is 5.73 Å². The molecule has 106 valence electrons. The van der Waals surface area contributed by atoms with Gasteiger partial charge in [0.05, 0.1) is 0 Å². The molecule has 4 nitrogen and oxygen atoms in total. The van der Waals surface area contributed by atoms with Crippen molar-refractivity contribution in [3.63, 3.8) is 0 Å². The van der Waals surface area contributed by atoms with Crippen molar-refractivity contribution >= 4 is 11.6 Å². The molecule has 0 aliphatic rings. The molecule has 0 aliphatic carbocycles. The minimum atomic E-state index is -0.0301. The molecule has 1 rings (SSSR count). The summed E-state index contributed by atoms with van der Waals surface area (Å²) in [5.41, 5.74) is 7.35. The lowest BCUT2D eigenvalue weighted by Crippen LogP contribution is -2.39. The number of hydrogen-bond donors (Lipinski definition) is 2. The van der Waals surface area contributed by atoms with Gasteiger partial charge < -0.3 is 16.0 Å². The summed E-state index contributed by atoms with van der Waals surface area (Å²) in [7, 11) is 3.95. The molecule has 0 fully saturated rings. The average molecular weight is 263 g/mol. The molecule has 4 heteroatoms.